The highest BCUT2D eigenvalue weighted by molar-refractivity contribution is 14.1. The smallest absolute Gasteiger partial charge is 0.335 e. The molecule has 3 aromatic carbocycles. The number of aryl methyl sites for hydroxylation is 1. The van der Waals surface area contributed by atoms with Crippen molar-refractivity contribution in [2.45, 2.75) is 6.92 Å². The maximum atomic E-state index is 13.2. The number of hydrogen-bond acceptors (Lipinski definition) is 6. The van der Waals surface area contributed by atoms with Crippen molar-refractivity contribution < 1.29 is 28.7 Å². The number of amides is 5. The first kappa shape index (κ1) is 27.3. The van der Waals surface area contributed by atoms with Gasteiger partial charge < -0.3 is 14.8 Å². The zero-order valence-corrected chi connectivity index (χ0v) is 24.0. The van der Waals surface area contributed by atoms with E-state index >= 15 is 0 Å². The Labute approximate surface area is 240 Å². The first-order chi connectivity index (χ1) is 18.2. The molecule has 5 amide bonds. The SMILES string of the molecule is COc1cc(/C=C2\C(=O)NC(=O)N(c3ccc(Br)cc3)C2=O)cc(I)c1OCC(=O)Nc1cccc(C)c1. The number of carbonyl (C=O) groups is 4. The van der Waals surface area contributed by atoms with Crippen LogP contribution in [0, 0.1) is 10.5 Å². The normalized spacial score (nSPS) is 14.4. The Balaban J connectivity index is 1.55. The first-order valence-electron chi connectivity index (χ1n) is 11.2. The molecule has 0 atom stereocenters. The van der Waals surface area contributed by atoms with E-state index in [4.69, 9.17) is 9.47 Å². The van der Waals surface area contributed by atoms with E-state index in [0.717, 1.165) is 14.9 Å². The molecule has 0 radical (unpaired) electrons. The van der Waals surface area contributed by atoms with Gasteiger partial charge in [0.2, 0.25) is 0 Å². The summed E-state index contributed by atoms with van der Waals surface area (Å²) in [5.74, 6) is -1.28. The fourth-order valence-corrected chi connectivity index (χ4v) is 4.71. The summed E-state index contributed by atoms with van der Waals surface area (Å²) in [5, 5.41) is 4.97. The number of rotatable bonds is 7. The third-order valence-electron chi connectivity index (χ3n) is 5.40. The van der Waals surface area contributed by atoms with Crippen molar-refractivity contribution in [3.05, 3.63) is 85.4 Å². The van der Waals surface area contributed by atoms with Gasteiger partial charge in [-0.2, -0.15) is 0 Å². The van der Waals surface area contributed by atoms with E-state index in [1.54, 1.807) is 42.5 Å². The molecular formula is C27H21BrIN3O6. The standard InChI is InChI=1S/C27H21BrIN3O6/c1-15-4-3-5-18(10-15)30-23(33)14-38-24-21(29)12-16(13-22(24)37-2)11-20-25(34)31-27(36)32(26(20)35)19-8-6-17(28)7-9-19/h3-13H,14H2,1-2H3,(H,30,33)(H,31,34,36)/b20-11+. The number of hydrogen-bond donors (Lipinski definition) is 2. The highest BCUT2D eigenvalue weighted by Gasteiger charge is 2.36. The molecule has 9 nitrogen and oxygen atoms in total. The number of halogens is 2. The average Bonchev–Trinajstić information content (AvgIpc) is 2.86. The highest BCUT2D eigenvalue weighted by Crippen LogP contribution is 2.35. The van der Waals surface area contributed by atoms with Crippen molar-refractivity contribution in [2.75, 3.05) is 23.9 Å². The van der Waals surface area contributed by atoms with Gasteiger partial charge in [0, 0.05) is 10.2 Å². The van der Waals surface area contributed by atoms with E-state index in [1.807, 2.05) is 47.7 Å². The van der Waals surface area contributed by atoms with Gasteiger partial charge in [-0.05, 0) is 95.2 Å². The summed E-state index contributed by atoms with van der Waals surface area (Å²) in [6, 6.07) is 16.3. The minimum atomic E-state index is -0.834. The average molecular weight is 690 g/mol. The number of nitrogens with zero attached hydrogens (tertiary/aromatic N) is 1. The number of anilines is 2. The summed E-state index contributed by atoms with van der Waals surface area (Å²) in [4.78, 5) is 51.4. The van der Waals surface area contributed by atoms with Crippen LogP contribution in [0.15, 0.2) is 70.7 Å². The molecule has 194 valence electrons. The Morgan fingerprint density at radius 2 is 1.84 bits per heavy atom. The Hall–Kier alpha value is -3.71. The molecule has 1 heterocycles. The molecule has 4 rings (SSSR count). The largest absolute Gasteiger partial charge is 0.493 e. The molecule has 1 aliphatic heterocycles. The van der Waals surface area contributed by atoms with Gasteiger partial charge in [0.25, 0.3) is 17.7 Å². The topological polar surface area (TPSA) is 114 Å². The molecule has 0 aromatic heterocycles. The van der Waals surface area contributed by atoms with Crippen LogP contribution in [0.5, 0.6) is 11.5 Å². The van der Waals surface area contributed by atoms with Crippen molar-refractivity contribution in [1.29, 1.82) is 0 Å². The number of urea groups is 1. The molecule has 1 saturated heterocycles. The number of imide groups is 2. The van der Waals surface area contributed by atoms with Crippen LogP contribution in [0.25, 0.3) is 6.08 Å². The van der Waals surface area contributed by atoms with Crippen LogP contribution in [-0.2, 0) is 14.4 Å². The minimum absolute atomic E-state index is 0.225. The molecule has 0 aliphatic carbocycles. The van der Waals surface area contributed by atoms with Crippen LogP contribution in [0.2, 0.25) is 0 Å². The summed E-state index contributed by atoms with van der Waals surface area (Å²) < 4.78 is 12.5. The zero-order valence-electron chi connectivity index (χ0n) is 20.2. The number of ether oxygens (including phenoxy) is 2. The van der Waals surface area contributed by atoms with Gasteiger partial charge >= 0.3 is 6.03 Å². The number of methoxy groups -OCH3 is 1. The lowest BCUT2D eigenvalue weighted by Crippen LogP contribution is -2.54. The maximum Gasteiger partial charge on any atom is 0.335 e. The van der Waals surface area contributed by atoms with Crippen molar-refractivity contribution in [3.8, 4) is 11.5 Å². The molecule has 3 aromatic rings. The monoisotopic (exact) mass is 689 g/mol. The van der Waals surface area contributed by atoms with Gasteiger partial charge in [0.1, 0.15) is 5.57 Å². The lowest BCUT2D eigenvalue weighted by atomic mass is 10.1. The summed E-state index contributed by atoms with van der Waals surface area (Å²) in [6.45, 7) is 1.67. The van der Waals surface area contributed by atoms with Crippen molar-refractivity contribution >= 4 is 79.7 Å². The van der Waals surface area contributed by atoms with Crippen molar-refractivity contribution in [3.63, 3.8) is 0 Å². The second-order valence-electron chi connectivity index (χ2n) is 8.17. The Morgan fingerprint density at radius 1 is 1.11 bits per heavy atom. The molecule has 0 spiro atoms. The maximum absolute atomic E-state index is 13.2. The second-order valence-corrected chi connectivity index (χ2v) is 10.3. The molecular weight excluding hydrogens is 669 g/mol. The van der Waals surface area contributed by atoms with E-state index in [2.05, 4.69) is 26.6 Å². The molecule has 2 N–H and O–H groups in total. The van der Waals surface area contributed by atoms with E-state index in [9.17, 15) is 19.2 Å². The second kappa shape index (κ2) is 11.8. The highest BCUT2D eigenvalue weighted by atomic mass is 127. The fraction of sp³-hybridized carbons (Fsp3) is 0.111. The summed E-state index contributed by atoms with van der Waals surface area (Å²) >= 11 is 5.33. The van der Waals surface area contributed by atoms with Crippen molar-refractivity contribution in [1.82, 2.24) is 5.32 Å². The summed E-state index contributed by atoms with van der Waals surface area (Å²) in [6.07, 6.45) is 1.37. The Bertz CT molecular complexity index is 1470. The van der Waals surface area contributed by atoms with Crippen LogP contribution < -0.4 is 25.0 Å². The Kier molecular flexibility index (Phi) is 8.47. The zero-order chi connectivity index (χ0) is 27.4. The first-order valence-corrected chi connectivity index (χ1v) is 13.1. The minimum Gasteiger partial charge on any atom is -0.493 e. The van der Waals surface area contributed by atoms with Crippen LogP contribution in [0.3, 0.4) is 0 Å². The quantitative estimate of drug-likeness (QED) is 0.204. The van der Waals surface area contributed by atoms with E-state index in [1.165, 1.54) is 13.2 Å². The number of benzene rings is 3. The summed E-state index contributed by atoms with van der Waals surface area (Å²) in [7, 11) is 1.44. The van der Waals surface area contributed by atoms with E-state index in [0.29, 0.717) is 32.0 Å². The number of barbiturate groups is 1. The number of nitrogens with one attached hydrogen (secondary N) is 2. The molecule has 1 aliphatic rings. The lowest BCUT2D eigenvalue weighted by Gasteiger charge is -2.26. The van der Waals surface area contributed by atoms with Gasteiger partial charge in [-0.1, -0.05) is 28.1 Å². The van der Waals surface area contributed by atoms with E-state index in [-0.39, 0.29) is 18.1 Å². The summed E-state index contributed by atoms with van der Waals surface area (Å²) in [5.41, 5.74) is 2.23. The van der Waals surface area contributed by atoms with Gasteiger partial charge in [-0.15, -0.1) is 0 Å². The van der Waals surface area contributed by atoms with Crippen LogP contribution in [-0.4, -0.2) is 37.5 Å². The molecule has 0 saturated carbocycles. The van der Waals surface area contributed by atoms with E-state index < -0.39 is 17.8 Å². The van der Waals surface area contributed by atoms with Gasteiger partial charge in [0.05, 0.1) is 16.4 Å². The third-order valence-corrected chi connectivity index (χ3v) is 6.73. The van der Waals surface area contributed by atoms with Crippen molar-refractivity contribution in [2.24, 2.45) is 0 Å². The predicted octanol–water partition coefficient (Wildman–Crippen LogP) is 5.05. The van der Waals surface area contributed by atoms with Crippen LogP contribution in [0.4, 0.5) is 16.2 Å². The predicted molar refractivity (Wildman–Crippen MR) is 154 cm³/mol. The van der Waals surface area contributed by atoms with Gasteiger partial charge in [0.15, 0.2) is 18.1 Å². The van der Waals surface area contributed by atoms with Gasteiger partial charge in [-0.3, -0.25) is 19.7 Å². The number of carbonyl (C=O) groups excluding carboxylic acids is 4. The molecule has 38 heavy (non-hydrogen) atoms. The fourth-order valence-electron chi connectivity index (χ4n) is 3.67. The molecule has 11 heteroatoms. The van der Waals surface area contributed by atoms with Crippen LogP contribution in [0.1, 0.15) is 11.1 Å². The molecule has 0 bridgehead atoms. The lowest BCUT2D eigenvalue weighted by molar-refractivity contribution is -0.122. The third kappa shape index (κ3) is 6.22. The Morgan fingerprint density at radius 3 is 2.53 bits per heavy atom. The van der Waals surface area contributed by atoms with Crippen LogP contribution >= 0.6 is 38.5 Å². The van der Waals surface area contributed by atoms with Gasteiger partial charge in [-0.25, -0.2) is 9.69 Å². The molecule has 1 fully saturated rings. The molecule has 0 unspecified atom stereocenters.